The normalized spacial score (nSPS) is 11.1. The van der Waals surface area contributed by atoms with Crippen LogP contribution in [0.4, 0.5) is 5.82 Å². The van der Waals surface area contributed by atoms with Crippen LogP contribution < -0.4 is 21.7 Å². The lowest BCUT2D eigenvalue weighted by Gasteiger charge is -2.19. The van der Waals surface area contributed by atoms with Crippen molar-refractivity contribution in [3.63, 3.8) is 0 Å². The molecule has 0 spiro atoms. The van der Waals surface area contributed by atoms with Gasteiger partial charge in [-0.05, 0) is 59.9 Å². The molecule has 3 N–H and O–H groups in total. The number of rotatable bonds is 6. The third-order valence-corrected chi connectivity index (χ3v) is 4.59. The number of ether oxygens (including phenoxy) is 1. The number of hydrogen-bond acceptors (Lipinski definition) is 6. The lowest BCUT2D eigenvalue weighted by atomic mass is 10.1. The molecule has 0 unspecified atom stereocenters. The maximum atomic E-state index is 12.7. The molecule has 0 fully saturated rings. The first kappa shape index (κ1) is 21.6. The summed E-state index contributed by atoms with van der Waals surface area (Å²) in [4.78, 5) is 31.7. The van der Waals surface area contributed by atoms with Gasteiger partial charge < -0.3 is 10.5 Å². The fourth-order valence-electron chi connectivity index (χ4n) is 3.28. The van der Waals surface area contributed by atoms with E-state index in [1.165, 1.54) is 10.6 Å². The predicted molar refractivity (Wildman–Crippen MR) is 119 cm³/mol. The third-order valence-electron chi connectivity index (χ3n) is 4.59. The van der Waals surface area contributed by atoms with Crippen molar-refractivity contribution < 1.29 is 4.74 Å². The Kier molecular flexibility index (Phi) is 6.36. The molecule has 0 bridgehead atoms. The van der Waals surface area contributed by atoms with E-state index in [0.29, 0.717) is 17.1 Å². The van der Waals surface area contributed by atoms with Crippen molar-refractivity contribution in [1.82, 2.24) is 14.5 Å². The molecule has 0 aliphatic heterocycles. The van der Waals surface area contributed by atoms with E-state index >= 15 is 0 Å². The monoisotopic (exact) mass is 417 g/mol. The van der Waals surface area contributed by atoms with Crippen LogP contribution in [0.3, 0.4) is 0 Å². The van der Waals surface area contributed by atoms with Gasteiger partial charge in [0.25, 0.3) is 5.56 Å². The van der Waals surface area contributed by atoms with Crippen molar-refractivity contribution in [2.45, 2.75) is 33.2 Å². The van der Waals surface area contributed by atoms with Gasteiger partial charge in [-0.15, -0.1) is 0 Å². The van der Waals surface area contributed by atoms with E-state index in [2.05, 4.69) is 9.97 Å². The SMILES string of the molecule is Cc1cc(C=CC#N)cc(Oc2c(C(C)C)c(=O)[nH]c(=O)n2Cc2ccnc(N)c2)c1. The first-order chi connectivity index (χ1) is 14.8. The van der Waals surface area contributed by atoms with Crippen LogP contribution in [0, 0.1) is 18.3 Å². The summed E-state index contributed by atoms with van der Waals surface area (Å²) in [5.74, 6) is 0.748. The van der Waals surface area contributed by atoms with Crippen LogP contribution in [0.1, 0.15) is 42.0 Å². The summed E-state index contributed by atoms with van der Waals surface area (Å²) in [6.07, 6.45) is 4.59. The first-order valence-electron chi connectivity index (χ1n) is 9.71. The van der Waals surface area contributed by atoms with Crippen molar-refractivity contribution in [3.05, 3.63) is 85.7 Å². The molecule has 0 atom stereocenters. The molecular formula is C23H23N5O3. The minimum Gasteiger partial charge on any atom is -0.440 e. The van der Waals surface area contributed by atoms with Crippen molar-refractivity contribution in [2.24, 2.45) is 0 Å². The van der Waals surface area contributed by atoms with E-state index in [0.717, 1.165) is 16.7 Å². The van der Waals surface area contributed by atoms with E-state index in [-0.39, 0.29) is 18.3 Å². The number of pyridine rings is 1. The van der Waals surface area contributed by atoms with Crippen LogP contribution in [-0.4, -0.2) is 14.5 Å². The molecule has 0 amide bonds. The molecular weight excluding hydrogens is 394 g/mol. The predicted octanol–water partition coefficient (Wildman–Crippen LogP) is 3.32. The maximum absolute atomic E-state index is 12.7. The van der Waals surface area contributed by atoms with Crippen LogP contribution >= 0.6 is 0 Å². The average molecular weight is 417 g/mol. The lowest BCUT2D eigenvalue weighted by molar-refractivity contribution is 0.410. The van der Waals surface area contributed by atoms with Crippen LogP contribution in [0.2, 0.25) is 0 Å². The quantitative estimate of drug-likeness (QED) is 0.592. The Morgan fingerprint density at radius 2 is 2.06 bits per heavy atom. The minimum atomic E-state index is -0.586. The van der Waals surface area contributed by atoms with Gasteiger partial charge in [-0.3, -0.25) is 14.3 Å². The molecule has 0 radical (unpaired) electrons. The lowest BCUT2D eigenvalue weighted by Crippen LogP contribution is -2.34. The molecule has 158 valence electrons. The molecule has 1 aromatic carbocycles. The molecule has 31 heavy (non-hydrogen) atoms. The minimum absolute atomic E-state index is 0.143. The molecule has 0 aliphatic rings. The van der Waals surface area contributed by atoms with E-state index in [1.807, 2.05) is 32.9 Å². The van der Waals surface area contributed by atoms with E-state index in [9.17, 15) is 9.59 Å². The Hall–Kier alpha value is -4.12. The van der Waals surface area contributed by atoms with Gasteiger partial charge in [-0.1, -0.05) is 19.9 Å². The summed E-state index contributed by atoms with van der Waals surface area (Å²) in [5.41, 5.74) is 7.47. The van der Waals surface area contributed by atoms with Crippen molar-refractivity contribution in [3.8, 4) is 17.7 Å². The number of H-pyrrole nitrogens is 1. The summed E-state index contributed by atoms with van der Waals surface area (Å²) in [7, 11) is 0. The number of nitrogens with one attached hydrogen (secondary N) is 1. The Bertz CT molecular complexity index is 1300. The Labute approximate surface area is 179 Å². The molecule has 0 aliphatic carbocycles. The molecule has 2 heterocycles. The van der Waals surface area contributed by atoms with E-state index in [4.69, 9.17) is 15.7 Å². The summed E-state index contributed by atoms with van der Waals surface area (Å²) in [6.45, 7) is 5.75. The average Bonchev–Trinajstić information content (AvgIpc) is 2.68. The van der Waals surface area contributed by atoms with Crippen molar-refractivity contribution in [1.29, 1.82) is 5.26 Å². The zero-order chi connectivity index (χ0) is 22.5. The molecule has 3 aromatic rings. The van der Waals surface area contributed by atoms with Crippen LogP contribution in [-0.2, 0) is 6.54 Å². The number of nitrogen functional groups attached to an aromatic ring is 1. The molecule has 2 aromatic heterocycles. The summed E-state index contributed by atoms with van der Waals surface area (Å²) < 4.78 is 7.52. The Morgan fingerprint density at radius 3 is 2.74 bits per heavy atom. The van der Waals surface area contributed by atoms with E-state index < -0.39 is 11.2 Å². The highest BCUT2D eigenvalue weighted by Gasteiger charge is 2.20. The fraction of sp³-hybridized carbons (Fsp3) is 0.217. The number of anilines is 1. The second kappa shape index (κ2) is 9.13. The Morgan fingerprint density at radius 1 is 1.29 bits per heavy atom. The van der Waals surface area contributed by atoms with Gasteiger partial charge in [0, 0.05) is 12.3 Å². The third kappa shape index (κ3) is 5.08. The maximum Gasteiger partial charge on any atom is 0.331 e. The summed E-state index contributed by atoms with van der Waals surface area (Å²) in [6, 6.07) is 10.8. The number of allylic oxidation sites excluding steroid dienone is 1. The molecule has 0 saturated carbocycles. The van der Waals surface area contributed by atoms with Gasteiger partial charge in [-0.25, -0.2) is 9.78 Å². The zero-order valence-corrected chi connectivity index (χ0v) is 17.5. The van der Waals surface area contributed by atoms with Crippen molar-refractivity contribution >= 4 is 11.9 Å². The topological polar surface area (TPSA) is 127 Å². The molecule has 3 rings (SSSR count). The summed E-state index contributed by atoms with van der Waals surface area (Å²) >= 11 is 0. The van der Waals surface area contributed by atoms with Gasteiger partial charge >= 0.3 is 5.69 Å². The first-order valence-corrected chi connectivity index (χ1v) is 9.71. The van der Waals surface area contributed by atoms with Crippen LogP contribution in [0.15, 0.2) is 52.2 Å². The highest BCUT2D eigenvalue weighted by atomic mass is 16.5. The van der Waals surface area contributed by atoms with E-state index in [1.54, 1.807) is 36.5 Å². The number of hydrogen-bond donors (Lipinski definition) is 2. The highest BCUT2D eigenvalue weighted by molar-refractivity contribution is 5.55. The van der Waals surface area contributed by atoms with Gasteiger partial charge in [0.2, 0.25) is 5.88 Å². The highest BCUT2D eigenvalue weighted by Crippen LogP contribution is 2.29. The fourth-order valence-corrected chi connectivity index (χ4v) is 3.28. The van der Waals surface area contributed by atoms with Crippen LogP contribution in [0.5, 0.6) is 11.6 Å². The second-order valence-corrected chi connectivity index (χ2v) is 7.45. The standard InChI is InChI=1S/C23H23N5O3/c1-14(2)20-21(29)27-23(30)28(13-17-6-8-26-19(25)12-17)22(20)31-18-10-15(3)9-16(11-18)5-4-7-24/h4-6,8-12,14H,13H2,1-3H3,(H2,25,26)(H,27,29,30). The Balaban J connectivity index is 2.17. The number of aromatic amines is 1. The van der Waals surface area contributed by atoms with Crippen molar-refractivity contribution in [2.75, 3.05) is 5.73 Å². The largest absolute Gasteiger partial charge is 0.440 e. The number of aryl methyl sites for hydroxylation is 1. The van der Waals surface area contributed by atoms with Gasteiger partial charge in [0.15, 0.2) is 0 Å². The van der Waals surface area contributed by atoms with Gasteiger partial charge in [0.1, 0.15) is 11.6 Å². The number of nitrogens with zero attached hydrogens (tertiary/aromatic N) is 3. The number of benzene rings is 1. The number of aromatic nitrogens is 3. The second-order valence-electron chi connectivity index (χ2n) is 7.45. The van der Waals surface area contributed by atoms with Gasteiger partial charge in [-0.2, -0.15) is 5.26 Å². The number of nitrogens with two attached hydrogens (primary N) is 1. The van der Waals surface area contributed by atoms with Crippen LogP contribution in [0.25, 0.3) is 6.08 Å². The molecule has 8 heteroatoms. The smallest absolute Gasteiger partial charge is 0.331 e. The number of nitriles is 1. The zero-order valence-electron chi connectivity index (χ0n) is 17.5. The summed E-state index contributed by atoms with van der Waals surface area (Å²) in [5, 5.41) is 8.80. The molecule has 8 nitrogen and oxygen atoms in total. The van der Waals surface area contributed by atoms with Gasteiger partial charge in [0.05, 0.1) is 18.2 Å². The molecule has 0 saturated heterocycles.